The summed E-state index contributed by atoms with van der Waals surface area (Å²) in [5.74, 6) is 1.49. The van der Waals surface area contributed by atoms with E-state index in [2.05, 4.69) is 46.0 Å². The van der Waals surface area contributed by atoms with E-state index < -0.39 is 17.6 Å². The molecule has 1 saturated carbocycles. The SMILES string of the molecule is COCCCn1cc(CN(C(=O)[C@H]2CN(C(=O)OC(C)(C)C)CC[C@@H]2c2ccccc2OCc2cc(OC)cc(OC)c2)C2CC2)c2ccccc21. The van der Waals surface area contributed by atoms with Crippen molar-refractivity contribution < 1.29 is 33.3 Å². The van der Waals surface area contributed by atoms with Crippen molar-refractivity contribution in [3.63, 3.8) is 0 Å². The number of nitrogens with zero attached hydrogens (tertiary/aromatic N) is 3. The third kappa shape index (κ3) is 8.84. The van der Waals surface area contributed by atoms with E-state index in [1.54, 1.807) is 26.2 Å². The first-order chi connectivity index (χ1) is 25.1. The van der Waals surface area contributed by atoms with Crippen LogP contribution in [0, 0.1) is 5.92 Å². The molecule has 0 unspecified atom stereocenters. The first-order valence-electron chi connectivity index (χ1n) is 18.4. The Morgan fingerprint density at radius 2 is 1.62 bits per heavy atom. The summed E-state index contributed by atoms with van der Waals surface area (Å²) in [6.07, 6.45) is 5.24. The van der Waals surface area contributed by atoms with Crippen molar-refractivity contribution in [2.75, 3.05) is 41.0 Å². The number of methoxy groups -OCH3 is 3. The van der Waals surface area contributed by atoms with Crippen LogP contribution in [-0.4, -0.2) is 79.0 Å². The average Bonchev–Trinajstić information content (AvgIpc) is 3.93. The Bertz CT molecular complexity index is 1820. The lowest BCUT2D eigenvalue weighted by Gasteiger charge is -2.41. The molecule has 0 spiro atoms. The minimum Gasteiger partial charge on any atom is -0.497 e. The summed E-state index contributed by atoms with van der Waals surface area (Å²) < 4.78 is 30.9. The number of aryl methyl sites for hydroxylation is 1. The highest BCUT2D eigenvalue weighted by Gasteiger charge is 2.44. The molecule has 0 bridgehead atoms. The molecule has 6 rings (SSSR count). The van der Waals surface area contributed by atoms with Gasteiger partial charge in [-0.15, -0.1) is 0 Å². The molecular weight excluding hydrogens is 658 g/mol. The number of piperidine rings is 1. The Hall–Kier alpha value is -4.70. The maximum absolute atomic E-state index is 15.1. The van der Waals surface area contributed by atoms with E-state index in [4.69, 9.17) is 23.7 Å². The number of para-hydroxylation sites is 2. The smallest absolute Gasteiger partial charge is 0.410 e. The van der Waals surface area contributed by atoms with E-state index >= 15 is 4.79 Å². The fourth-order valence-electron chi connectivity index (χ4n) is 7.28. The van der Waals surface area contributed by atoms with Crippen LogP contribution in [0.4, 0.5) is 4.79 Å². The molecule has 4 aromatic rings. The molecule has 278 valence electrons. The van der Waals surface area contributed by atoms with Crippen LogP contribution in [0.2, 0.25) is 0 Å². The van der Waals surface area contributed by atoms with Crippen molar-refractivity contribution in [1.82, 2.24) is 14.4 Å². The van der Waals surface area contributed by atoms with Gasteiger partial charge in [-0.05, 0) is 87.4 Å². The van der Waals surface area contributed by atoms with Crippen LogP contribution < -0.4 is 14.2 Å². The summed E-state index contributed by atoms with van der Waals surface area (Å²) in [5.41, 5.74) is 3.50. The van der Waals surface area contributed by atoms with Crippen molar-refractivity contribution in [2.45, 2.75) is 83.7 Å². The highest BCUT2D eigenvalue weighted by atomic mass is 16.6. The molecule has 3 aromatic carbocycles. The quantitative estimate of drug-likeness (QED) is 0.123. The van der Waals surface area contributed by atoms with Gasteiger partial charge in [0.05, 0.1) is 20.1 Å². The number of benzene rings is 3. The second-order valence-electron chi connectivity index (χ2n) is 14.9. The van der Waals surface area contributed by atoms with Crippen LogP contribution in [0.15, 0.2) is 72.9 Å². The van der Waals surface area contributed by atoms with Crippen molar-refractivity contribution >= 4 is 22.9 Å². The second kappa shape index (κ2) is 16.3. The molecule has 1 aromatic heterocycles. The molecule has 1 saturated heterocycles. The summed E-state index contributed by atoms with van der Waals surface area (Å²) in [6, 6.07) is 22.2. The van der Waals surface area contributed by atoms with E-state index in [9.17, 15) is 4.79 Å². The molecule has 0 radical (unpaired) electrons. The number of hydrogen-bond acceptors (Lipinski definition) is 7. The fraction of sp³-hybridized carbons (Fsp3) is 0.476. The van der Waals surface area contributed by atoms with Crippen molar-refractivity contribution in [3.05, 3.63) is 89.6 Å². The summed E-state index contributed by atoms with van der Waals surface area (Å²) in [7, 11) is 4.98. The third-order valence-corrected chi connectivity index (χ3v) is 9.94. The van der Waals surface area contributed by atoms with E-state index in [-0.39, 0.29) is 24.4 Å². The highest BCUT2D eigenvalue weighted by molar-refractivity contribution is 5.86. The maximum atomic E-state index is 15.1. The molecule has 0 N–H and O–H groups in total. The zero-order chi connectivity index (χ0) is 36.8. The largest absolute Gasteiger partial charge is 0.497 e. The summed E-state index contributed by atoms with van der Waals surface area (Å²) in [5, 5.41) is 1.15. The molecule has 10 heteroatoms. The number of hydrogen-bond donors (Lipinski definition) is 0. The van der Waals surface area contributed by atoms with Crippen LogP contribution >= 0.6 is 0 Å². The second-order valence-corrected chi connectivity index (χ2v) is 14.9. The number of aromatic nitrogens is 1. The predicted octanol–water partition coefficient (Wildman–Crippen LogP) is 7.81. The molecule has 2 heterocycles. The summed E-state index contributed by atoms with van der Waals surface area (Å²) in [6.45, 7) is 8.66. The van der Waals surface area contributed by atoms with E-state index in [1.165, 1.54) is 0 Å². The van der Waals surface area contributed by atoms with Crippen LogP contribution in [0.3, 0.4) is 0 Å². The van der Waals surface area contributed by atoms with Gasteiger partial charge < -0.3 is 38.1 Å². The third-order valence-electron chi connectivity index (χ3n) is 9.94. The maximum Gasteiger partial charge on any atom is 0.410 e. The molecule has 2 fully saturated rings. The number of likely N-dealkylation sites (tertiary alicyclic amines) is 1. The number of amides is 2. The molecule has 2 atom stereocenters. The van der Waals surface area contributed by atoms with E-state index in [0.717, 1.165) is 59.2 Å². The Morgan fingerprint density at radius 3 is 2.31 bits per heavy atom. The summed E-state index contributed by atoms with van der Waals surface area (Å²) in [4.78, 5) is 32.3. The fourth-order valence-corrected chi connectivity index (χ4v) is 7.28. The van der Waals surface area contributed by atoms with Gasteiger partial charge in [0.2, 0.25) is 5.91 Å². The first-order valence-corrected chi connectivity index (χ1v) is 18.4. The van der Waals surface area contributed by atoms with Crippen LogP contribution in [-0.2, 0) is 34.0 Å². The van der Waals surface area contributed by atoms with Crippen molar-refractivity contribution in [2.24, 2.45) is 5.92 Å². The average molecular weight is 712 g/mol. The van der Waals surface area contributed by atoms with E-state index in [1.807, 2.05) is 57.2 Å². The lowest BCUT2D eigenvalue weighted by molar-refractivity contribution is -0.139. The standard InChI is InChI=1S/C42H53N3O7/c1-42(2,3)52-41(47)44-20-18-35(36-13-8-10-15-39(36)51-28-29-22-32(49-5)24-33(23-29)50-6)37(27-44)40(46)45(31-16-17-31)26-30-25-43(19-11-21-48-4)38-14-9-7-12-34(30)38/h7-10,12-15,22-25,31,35,37H,11,16-21,26-28H2,1-6H3/t35-,37+/m1/s1. The zero-order valence-electron chi connectivity index (χ0n) is 31.4. The Morgan fingerprint density at radius 1 is 0.904 bits per heavy atom. The predicted molar refractivity (Wildman–Crippen MR) is 201 cm³/mol. The molecular formula is C42H53N3O7. The monoisotopic (exact) mass is 711 g/mol. The van der Waals surface area contributed by atoms with Crippen LogP contribution in [0.25, 0.3) is 10.9 Å². The Labute approximate surface area is 307 Å². The molecule has 1 aliphatic carbocycles. The number of ether oxygens (including phenoxy) is 5. The van der Waals surface area contributed by atoms with Gasteiger partial charge in [0, 0.05) is 75.0 Å². The number of fused-ring (bicyclic) bond motifs is 1. The van der Waals surface area contributed by atoms with Crippen LogP contribution in [0.1, 0.15) is 69.1 Å². The number of carbonyl (C=O) groups excluding carboxylic acids is 2. The molecule has 2 amide bonds. The van der Waals surface area contributed by atoms with Gasteiger partial charge in [-0.25, -0.2) is 4.79 Å². The zero-order valence-corrected chi connectivity index (χ0v) is 31.4. The van der Waals surface area contributed by atoms with Gasteiger partial charge in [0.25, 0.3) is 0 Å². The first kappa shape index (κ1) is 37.1. The molecule has 1 aliphatic heterocycles. The molecule has 52 heavy (non-hydrogen) atoms. The Balaban J connectivity index is 1.31. The lowest BCUT2D eigenvalue weighted by atomic mass is 9.79. The Kier molecular flexibility index (Phi) is 11.6. The van der Waals surface area contributed by atoms with Gasteiger partial charge in [0.15, 0.2) is 0 Å². The van der Waals surface area contributed by atoms with Gasteiger partial charge in [0.1, 0.15) is 29.5 Å². The minimum absolute atomic E-state index is 0.0595. The normalized spacial score (nSPS) is 17.5. The van der Waals surface area contributed by atoms with E-state index in [0.29, 0.717) is 44.2 Å². The topological polar surface area (TPSA) is 91.7 Å². The highest BCUT2D eigenvalue weighted by Crippen LogP contribution is 2.42. The van der Waals surface area contributed by atoms with Crippen LogP contribution in [0.5, 0.6) is 17.2 Å². The van der Waals surface area contributed by atoms with Gasteiger partial charge in [-0.1, -0.05) is 36.4 Å². The minimum atomic E-state index is -0.645. The molecule has 2 aliphatic rings. The number of rotatable bonds is 14. The summed E-state index contributed by atoms with van der Waals surface area (Å²) >= 11 is 0. The lowest BCUT2D eigenvalue weighted by Crippen LogP contribution is -2.51. The number of carbonyl (C=O) groups is 2. The van der Waals surface area contributed by atoms with Crippen molar-refractivity contribution in [1.29, 1.82) is 0 Å². The van der Waals surface area contributed by atoms with Crippen molar-refractivity contribution in [3.8, 4) is 17.2 Å². The van der Waals surface area contributed by atoms with Gasteiger partial charge >= 0.3 is 6.09 Å². The molecule has 10 nitrogen and oxygen atoms in total. The van der Waals surface area contributed by atoms with Gasteiger partial charge in [-0.3, -0.25) is 4.79 Å². The van der Waals surface area contributed by atoms with Gasteiger partial charge in [-0.2, -0.15) is 0 Å².